The first kappa shape index (κ1) is 22.0. The molecule has 1 heterocycles. The van der Waals surface area contributed by atoms with E-state index < -0.39 is 20.0 Å². The number of nitrogens with one attached hydrogen (secondary N) is 1. The Morgan fingerprint density at radius 2 is 1.78 bits per heavy atom. The molecule has 154 valence electrons. The average molecular weight is 419 g/mol. The molecule has 1 saturated heterocycles. The van der Waals surface area contributed by atoms with Crippen LogP contribution in [0.4, 0.5) is 5.69 Å². The van der Waals surface area contributed by atoms with Crippen LogP contribution < -0.4 is 9.46 Å². The van der Waals surface area contributed by atoms with Crippen LogP contribution in [0.15, 0.2) is 23.1 Å². The molecule has 0 saturated carbocycles. The van der Waals surface area contributed by atoms with Crippen molar-refractivity contribution in [2.45, 2.75) is 51.3 Å². The molecule has 1 aromatic rings. The van der Waals surface area contributed by atoms with Crippen LogP contribution in [0.1, 0.15) is 46.5 Å². The van der Waals surface area contributed by atoms with Crippen molar-refractivity contribution in [2.24, 2.45) is 5.92 Å². The largest absolute Gasteiger partial charge is 0.492 e. The molecule has 9 heteroatoms. The normalized spacial score (nSPS) is 16.4. The van der Waals surface area contributed by atoms with Crippen molar-refractivity contribution in [1.82, 2.24) is 4.31 Å². The molecule has 2 rings (SSSR count). The third-order valence-electron chi connectivity index (χ3n) is 4.41. The predicted octanol–water partition coefficient (Wildman–Crippen LogP) is 3.05. The van der Waals surface area contributed by atoms with E-state index in [1.807, 2.05) is 13.8 Å². The number of hydrogen-bond acceptors (Lipinski definition) is 5. The predicted molar refractivity (Wildman–Crippen MR) is 107 cm³/mol. The Bertz CT molecular complexity index is 829. The van der Waals surface area contributed by atoms with Gasteiger partial charge in [-0.15, -0.1) is 0 Å². The zero-order valence-corrected chi connectivity index (χ0v) is 17.9. The van der Waals surface area contributed by atoms with Gasteiger partial charge in [-0.2, -0.15) is 4.31 Å². The molecule has 1 aromatic carbocycles. The summed E-state index contributed by atoms with van der Waals surface area (Å²) in [5.41, 5.74) is 0.234. The Hall–Kier alpha value is -1.32. The minimum Gasteiger partial charge on any atom is -0.492 e. The van der Waals surface area contributed by atoms with Gasteiger partial charge in [0.1, 0.15) is 10.6 Å². The third-order valence-corrected chi connectivity index (χ3v) is 7.65. The highest BCUT2D eigenvalue weighted by molar-refractivity contribution is 7.92. The van der Waals surface area contributed by atoms with E-state index in [1.54, 1.807) is 6.92 Å². The number of ether oxygens (including phenoxy) is 1. The number of benzene rings is 1. The molecule has 0 amide bonds. The molecule has 0 aromatic heterocycles. The Labute approximate surface area is 163 Å². The Morgan fingerprint density at radius 1 is 1.11 bits per heavy atom. The minimum atomic E-state index is -3.75. The van der Waals surface area contributed by atoms with Gasteiger partial charge in [0.2, 0.25) is 20.0 Å². The first-order valence-corrected chi connectivity index (χ1v) is 12.5. The number of anilines is 1. The number of sulfonamides is 2. The van der Waals surface area contributed by atoms with Gasteiger partial charge in [-0.05, 0) is 50.3 Å². The molecule has 27 heavy (non-hydrogen) atoms. The van der Waals surface area contributed by atoms with Gasteiger partial charge in [-0.3, -0.25) is 4.72 Å². The van der Waals surface area contributed by atoms with E-state index in [-0.39, 0.29) is 28.0 Å². The lowest BCUT2D eigenvalue weighted by Gasteiger charge is -2.27. The smallest absolute Gasteiger partial charge is 0.246 e. The van der Waals surface area contributed by atoms with Crippen molar-refractivity contribution in [2.75, 3.05) is 30.2 Å². The fraction of sp³-hybridized carbons (Fsp3) is 0.667. The highest BCUT2D eigenvalue weighted by Gasteiger charge is 2.29. The number of rotatable bonds is 9. The van der Waals surface area contributed by atoms with Gasteiger partial charge in [0.15, 0.2) is 0 Å². The average Bonchev–Trinajstić information content (AvgIpc) is 2.62. The molecule has 0 bridgehead atoms. The van der Waals surface area contributed by atoms with Crippen LogP contribution in [-0.2, 0) is 20.0 Å². The molecule has 0 atom stereocenters. The second kappa shape index (κ2) is 9.25. The summed E-state index contributed by atoms with van der Waals surface area (Å²) < 4.78 is 60.2. The fourth-order valence-corrected chi connectivity index (χ4v) is 5.96. The Balaban J connectivity index is 2.33. The molecule has 0 aliphatic carbocycles. The lowest BCUT2D eigenvalue weighted by Crippen LogP contribution is -2.35. The summed E-state index contributed by atoms with van der Waals surface area (Å²) in [4.78, 5) is 0.00955. The number of nitrogens with zero attached hydrogens (tertiary/aromatic N) is 1. The van der Waals surface area contributed by atoms with Gasteiger partial charge in [0, 0.05) is 13.1 Å². The van der Waals surface area contributed by atoms with E-state index in [0.717, 1.165) is 19.3 Å². The maximum atomic E-state index is 13.1. The highest BCUT2D eigenvalue weighted by atomic mass is 32.2. The standard InChI is InChI=1S/C18H30N2O5S2/c1-4-25-17-9-8-16(19-26(21,22)13-10-15(2)3)14-18(17)27(23,24)20-11-6-5-7-12-20/h8-9,14-15,19H,4-7,10-13H2,1-3H3. The second-order valence-electron chi connectivity index (χ2n) is 7.16. The van der Waals surface area contributed by atoms with Gasteiger partial charge >= 0.3 is 0 Å². The van der Waals surface area contributed by atoms with Gasteiger partial charge in [0.25, 0.3) is 0 Å². The van der Waals surface area contributed by atoms with Crippen LogP contribution in [0.2, 0.25) is 0 Å². The van der Waals surface area contributed by atoms with Crippen molar-refractivity contribution in [3.8, 4) is 5.75 Å². The molecule has 1 fully saturated rings. The molecule has 1 aliphatic rings. The molecular weight excluding hydrogens is 388 g/mol. The van der Waals surface area contributed by atoms with Crippen molar-refractivity contribution >= 4 is 25.7 Å². The molecule has 7 nitrogen and oxygen atoms in total. The molecule has 1 N–H and O–H groups in total. The van der Waals surface area contributed by atoms with Crippen LogP contribution in [0, 0.1) is 5.92 Å². The Kier molecular flexibility index (Phi) is 7.53. The van der Waals surface area contributed by atoms with Crippen molar-refractivity contribution in [3.63, 3.8) is 0 Å². The van der Waals surface area contributed by atoms with E-state index in [0.29, 0.717) is 26.1 Å². The maximum Gasteiger partial charge on any atom is 0.246 e. The molecular formula is C18H30N2O5S2. The van der Waals surface area contributed by atoms with E-state index in [9.17, 15) is 16.8 Å². The van der Waals surface area contributed by atoms with Crippen LogP contribution in [0.3, 0.4) is 0 Å². The first-order valence-electron chi connectivity index (χ1n) is 9.43. The molecule has 1 aliphatic heterocycles. The van der Waals surface area contributed by atoms with E-state index in [1.165, 1.54) is 22.5 Å². The van der Waals surface area contributed by atoms with Gasteiger partial charge in [-0.1, -0.05) is 20.3 Å². The van der Waals surface area contributed by atoms with Crippen LogP contribution in [-0.4, -0.2) is 46.6 Å². The van der Waals surface area contributed by atoms with Crippen LogP contribution >= 0.6 is 0 Å². The van der Waals surface area contributed by atoms with Crippen LogP contribution in [0.5, 0.6) is 5.75 Å². The SMILES string of the molecule is CCOc1ccc(NS(=O)(=O)CCC(C)C)cc1S(=O)(=O)N1CCCCC1. The second-order valence-corrected chi connectivity index (χ2v) is 10.9. The van der Waals surface area contributed by atoms with E-state index in [4.69, 9.17) is 4.74 Å². The topological polar surface area (TPSA) is 92.8 Å². The highest BCUT2D eigenvalue weighted by Crippen LogP contribution is 2.31. The van der Waals surface area contributed by atoms with Gasteiger partial charge < -0.3 is 4.74 Å². The maximum absolute atomic E-state index is 13.1. The lowest BCUT2D eigenvalue weighted by molar-refractivity contribution is 0.323. The molecule has 0 unspecified atom stereocenters. The van der Waals surface area contributed by atoms with Crippen LogP contribution in [0.25, 0.3) is 0 Å². The zero-order valence-electron chi connectivity index (χ0n) is 16.3. The number of hydrogen-bond donors (Lipinski definition) is 1. The quantitative estimate of drug-likeness (QED) is 0.665. The van der Waals surface area contributed by atoms with Gasteiger partial charge in [-0.25, -0.2) is 16.8 Å². The van der Waals surface area contributed by atoms with Crippen molar-refractivity contribution in [3.05, 3.63) is 18.2 Å². The van der Waals surface area contributed by atoms with E-state index in [2.05, 4.69) is 4.72 Å². The van der Waals surface area contributed by atoms with Crippen molar-refractivity contribution in [1.29, 1.82) is 0 Å². The summed E-state index contributed by atoms with van der Waals surface area (Å²) in [6.07, 6.45) is 3.20. The van der Waals surface area contributed by atoms with E-state index >= 15 is 0 Å². The summed E-state index contributed by atoms with van der Waals surface area (Å²) in [6, 6.07) is 4.41. The lowest BCUT2D eigenvalue weighted by atomic mass is 10.2. The molecule has 0 radical (unpaired) electrons. The number of piperidine rings is 1. The monoisotopic (exact) mass is 418 g/mol. The summed E-state index contributed by atoms with van der Waals surface area (Å²) in [5, 5.41) is 0. The first-order chi connectivity index (χ1) is 12.7. The minimum absolute atomic E-state index is 0.00785. The van der Waals surface area contributed by atoms with Gasteiger partial charge in [0.05, 0.1) is 18.0 Å². The third kappa shape index (κ3) is 6.08. The van der Waals surface area contributed by atoms with Crippen molar-refractivity contribution < 1.29 is 21.6 Å². The zero-order chi connectivity index (χ0) is 20.1. The summed E-state index contributed by atoms with van der Waals surface area (Å²) in [6.45, 7) is 6.95. The Morgan fingerprint density at radius 3 is 2.37 bits per heavy atom. The fourth-order valence-electron chi connectivity index (χ4n) is 2.91. The summed E-state index contributed by atoms with van der Waals surface area (Å²) in [5.74, 6) is 0.497. The molecule has 0 spiro atoms. The summed E-state index contributed by atoms with van der Waals surface area (Å²) in [7, 11) is -7.29. The summed E-state index contributed by atoms with van der Waals surface area (Å²) >= 11 is 0.